The molecule has 0 saturated carbocycles. The summed E-state index contributed by atoms with van der Waals surface area (Å²) in [5, 5.41) is 0. The molecule has 2 heteroatoms. The van der Waals surface area contributed by atoms with Crippen molar-refractivity contribution in [1.29, 1.82) is 0 Å². The van der Waals surface area contributed by atoms with Crippen LogP contribution in [0.4, 0.5) is 0 Å². The third-order valence-electron chi connectivity index (χ3n) is 5.54. The Labute approximate surface area is 174 Å². The minimum atomic E-state index is 0.236. The van der Waals surface area contributed by atoms with Gasteiger partial charge in [-0.2, -0.15) is 0 Å². The lowest BCUT2D eigenvalue weighted by atomic mass is 10.0. The molecule has 0 aliphatic heterocycles. The topological polar surface area (TPSA) is 29.3 Å². The minimum absolute atomic E-state index is 0.236. The quantitative estimate of drug-likeness (QED) is 0.179. The zero-order valence-corrected chi connectivity index (χ0v) is 20.0. The fraction of sp³-hybridized carbons (Fsp3) is 1.00. The Balaban J connectivity index is 0. The Bertz CT molecular complexity index is 222. The van der Waals surface area contributed by atoms with Gasteiger partial charge in [-0.25, -0.2) is 0 Å². The summed E-state index contributed by atoms with van der Waals surface area (Å²) in [6.45, 7) is 6.67. The predicted molar refractivity (Wildman–Crippen MR) is 126 cm³/mol. The Morgan fingerprint density at radius 2 is 0.704 bits per heavy atom. The molecular formula is C25H56N2. The molecule has 1 atom stereocenters. The van der Waals surface area contributed by atoms with Gasteiger partial charge < -0.3 is 5.73 Å². The molecule has 2 N–H and O–H groups in total. The van der Waals surface area contributed by atoms with Crippen molar-refractivity contribution in [1.82, 2.24) is 4.90 Å². The molecule has 166 valence electrons. The lowest BCUT2D eigenvalue weighted by molar-refractivity contribution is 0.293. The van der Waals surface area contributed by atoms with Crippen LogP contribution in [-0.2, 0) is 0 Å². The van der Waals surface area contributed by atoms with Crippen molar-refractivity contribution in [2.45, 2.75) is 149 Å². The number of nitrogens with zero attached hydrogens (tertiary/aromatic N) is 1. The summed E-state index contributed by atoms with van der Waals surface area (Å²) in [7, 11) is 3.96. The maximum Gasteiger partial charge on any atom is 0.0563 e. The average molecular weight is 385 g/mol. The summed E-state index contributed by atoms with van der Waals surface area (Å²) in [6, 6.07) is 0. The number of hydrogen-bond acceptors (Lipinski definition) is 2. The van der Waals surface area contributed by atoms with Crippen LogP contribution < -0.4 is 5.73 Å². The molecule has 1 unspecified atom stereocenters. The van der Waals surface area contributed by atoms with Gasteiger partial charge in [0.2, 0.25) is 0 Å². The molecule has 0 fully saturated rings. The first-order valence-electron chi connectivity index (χ1n) is 12.5. The van der Waals surface area contributed by atoms with E-state index in [1.807, 2.05) is 19.0 Å². The molecule has 0 heterocycles. The van der Waals surface area contributed by atoms with Crippen molar-refractivity contribution in [3.05, 3.63) is 0 Å². The van der Waals surface area contributed by atoms with Gasteiger partial charge in [-0.1, -0.05) is 136 Å². The Hall–Kier alpha value is -0.0800. The first-order valence-corrected chi connectivity index (χ1v) is 12.5. The van der Waals surface area contributed by atoms with E-state index in [-0.39, 0.29) is 6.17 Å². The van der Waals surface area contributed by atoms with Crippen molar-refractivity contribution < 1.29 is 0 Å². The minimum Gasteiger partial charge on any atom is -0.316 e. The van der Waals surface area contributed by atoms with Gasteiger partial charge in [-0.3, -0.25) is 4.90 Å². The fourth-order valence-electron chi connectivity index (χ4n) is 3.34. The highest BCUT2D eigenvalue weighted by Gasteiger charge is 1.97. The van der Waals surface area contributed by atoms with Crippen LogP contribution >= 0.6 is 0 Å². The van der Waals surface area contributed by atoms with E-state index in [9.17, 15) is 0 Å². The molecular weight excluding hydrogens is 328 g/mol. The molecule has 27 heavy (non-hydrogen) atoms. The van der Waals surface area contributed by atoms with Crippen LogP contribution in [0.1, 0.15) is 143 Å². The van der Waals surface area contributed by atoms with E-state index in [0.29, 0.717) is 0 Å². The van der Waals surface area contributed by atoms with Crippen LogP contribution in [0.25, 0.3) is 0 Å². The van der Waals surface area contributed by atoms with Crippen LogP contribution in [0.5, 0.6) is 0 Å². The van der Waals surface area contributed by atoms with Gasteiger partial charge in [0.05, 0.1) is 6.17 Å². The Morgan fingerprint density at radius 1 is 0.481 bits per heavy atom. The van der Waals surface area contributed by atoms with Crippen LogP contribution in [0.2, 0.25) is 0 Å². The maximum absolute atomic E-state index is 5.54. The third-order valence-corrected chi connectivity index (χ3v) is 5.54. The number of unbranched alkanes of at least 4 members (excludes halogenated alkanes) is 17. The largest absolute Gasteiger partial charge is 0.316 e. The van der Waals surface area contributed by atoms with Crippen molar-refractivity contribution in [3.63, 3.8) is 0 Å². The molecule has 0 spiro atoms. The van der Waals surface area contributed by atoms with E-state index >= 15 is 0 Å². The summed E-state index contributed by atoms with van der Waals surface area (Å²) >= 11 is 0. The predicted octanol–water partition coefficient (Wildman–Crippen LogP) is 8.29. The van der Waals surface area contributed by atoms with E-state index in [0.717, 1.165) is 6.42 Å². The van der Waals surface area contributed by atoms with Crippen molar-refractivity contribution in [2.75, 3.05) is 14.1 Å². The van der Waals surface area contributed by atoms with Crippen LogP contribution in [0.15, 0.2) is 0 Å². The van der Waals surface area contributed by atoms with E-state index in [4.69, 9.17) is 5.73 Å². The Kier molecular flexibility index (Phi) is 28.0. The summed E-state index contributed by atoms with van der Waals surface area (Å²) < 4.78 is 0. The Morgan fingerprint density at radius 3 is 0.815 bits per heavy atom. The molecule has 0 aromatic carbocycles. The first kappa shape index (κ1) is 29.1. The molecule has 0 aliphatic carbocycles. The zero-order valence-electron chi connectivity index (χ0n) is 20.0. The van der Waals surface area contributed by atoms with Crippen LogP contribution in [0.3, 0.4) is 0 Å². The number of nitrogens with two attached hydrogens (primary N) is 1. The van der Waals surface area contributed by atoms with E-state index < -0.39 is 0 Å². The molecule has 0 amide bonds. The number of hydrogen-bond donors (Lipinski definition) is 1. The molecule has 0 aromatic heterocycles. The van der Waals surface area contributed by atoms with Crippen LogP contribution in [0, 0.1) is 0 Å². The van der Waals surface area contributed by atoms with Gasteiger partial charge >= 0.3 is 0 Å². The molecule has 0 aromatic rings. The first-order chi connectivity index (χ1) is 13.1. The highest BCUT2D eigenvalue weighted by molar-refractivity contribution is 4.51. The monoisotopic (exact) mass is 384 g/mol. The van der Waals surface area contributed by atoms with Gasteiger partial charge in [-0.05, 0) is 20.5 Å². The summed E-state index contributed by atoms with van der Waals surface area (Å²) in [4.78, 5) is 2.00. The zero-order chi connectivity index (χ0) is 20.6. The number of rotatable bonds is 19. The van der Waals surface area contributed by atoms with E-state index in [1.165, 1.54) is 116 Å². The smallest absolute Gasteiger partial charge is 0.0563 e. The molecule has 0 rings (SSSR count). The van der Waals surface area contributed by atoms with Gasteiger partial charge in [-0.15, -0.1) is 0 Å². The summed E-state index contributed by atoms with van der Waals surface area (Å²) in [5.41, 5.74) is 5.54. The van der Waals surface area contributed by atoms with Gasteiger partial charge in [0.25, 0.3) is 0 Å². The van der Waals surface area contributed by atoms with E-state index in [2.05, 4.69) is 20.8 Å². The lowest BCUT2D eigenvalue weighted by Gasteiger charge is -2.16. The standard InChI is InChI=1S/C20H42.C5H14N2/c1-3-5-7-9-11-13-15-17-19-20-18-16-14-12-10-8-6-4-2;1-4-5(6)7(2)3/h3-20H2,1-2H3;5H,4,6H2,1-3H3. The van der Waals surface area contributed by atoms with Gasteiger partial charge in [0.15, 0.2) is 0 Å². The molecule has 0 radical (unpaired) electrons. The second kappa shape index (κ2) is 25.9. The second-order valence-corrected chi connectivity index (χ2v) is 8.60. The highest BCUT2D eigenvalue weighted by Crippen LogP contribution is 2.14. The lowest BCUT2D eigenvalue weighted by Crippen LogP contribution is -2.35. The van der Waals surface area contributed by atoms with Crippen LogP contribution in [-0.4, -0.2) is 25.2 Å². The van der Waals surface area contributed by atoms with Gasteiger partial charge in [0.1, 0.15) is 0 Å². The molecule has 0 aliphatic rings. The SMILES string of the molecule is CCC(N)N(C)C.CCCCCCCCCCCCCCCCCCCC. The third kappa shape index (κ3) is 28.2. The van der Waals surface area contributed by atoms with Crippen molar-refractivity contribution >= 4 is 0 Å². The molecule has 2 nitrogen and oxygen atoms in total. The fourth-order valence-corrected chi connectivity index (χ4v) is 3.34. The summed E-state index contributed by atoms with van der Waals surface area (Å²) in [6.07, 6.45) is 27.7. The maximum atomic E-state index is 5.54. The highest BCUT2D eigenvalue weighted by atomic mass is 15.2. The molecule has 0 bridgehead atoms. The average Bonchev–Trinajstić information content (AvgIpc) is 2.67. The molecule has 0 saturated heterocycles. The van der Waals surface area contributed by atoms with Crippen molar-refractivity contribution in [3.8, 4) is 0 Å². The summed E-state index contributed by atoms with van der Waals surface area (Å²) in [5.74, 6) is 0. The van der Waals surface area contributed by atoms with Crippen molar-refractivity contribution in [2.24, 2.45) is 5.73 Å². The van der Waals surface area contributed by atoms with Gasteiger partial charge in [0, 0.05) is 0 Å². The van der Waals surface area contributed by atoms with E-state index in [1.54, 1.807) is 0 Å². The normalized spacial score (nSPS) is 12.1. The second-order valence-electron chi connectivity index (χ2n) is 8.60.